The predicted molar refractivity (Wildman–Crippen MR) is 74.1 cm³/mol. The minimum absolute atomic E-state index is 0.207. The topological polar surface area (TPSA) is 91.5 Å². The van der Waals surface area contributed by atoms with E-state index in [9.17, 15) is 18.4 Å². The van der Waals surface area contributed by atoms with E-state index in [1.54, 1.807) is 24.3 Å². The van der Waals surface area contributed by atoms with Gasteiger partial charge in [0.15, 0.2) is 0 Å². The van der Waals surface area contributed by atoms with Crippen molar-refractivity contribution in [2.24, 2.45) is 0 Å². The van der Waals surface area contributed by atoms with Gasteiger partial charge in [-0.1, -0.05) is 24.3 Å². The molecule has 0 atom stereocenters. The van der Waals surface area contributed by atoms with Crippen LogP contribution in [0.1, 0.15) is 0 Å². The Balaban J connectivity index is 1.98. The Morgan fingerprint density at radius 1 is 0.727 bits per heavy atom. The Morgan fingerprint density at radius 3 is 1.41 bits per heavy atom. The number of rotatable bonds is 2. The minimum atomic E-state index is -0.964. The van der Waals surface area contributed by atoms with Crippen molar-refractivity contribution in [1.29, 1.82) is 0 Å². The number of benzene rings is 1. The van der Waals surface area contributed by atoms with E-state index in [-0.39, 0.29) is 11.6 Å². The monoisotopic (exact) mass is 302 g/mol. The molecule has 1 aromatic carbocycles. The molecule has 22 heavy (non-hydrogen) atoms. The lowest BCUT2D eigenvalue weighted by molar-refractivity contribution is 0.601. The van der Waals surface area contributed by atoms with Crippen LogP contribution < -0.4 is 11.1 Å². The van der Waals surface area contributed by atoms with E-state index in [1.807, 2.05) is 0 Å². The van der Waals surface area contributed by atoms with Crippen LogP contribution in [0.2, 0.25) is 0 Å². The predicted octanol–water partition coefficient (Wildman–Crippen LogP) is 1.47. The fourth-order valence-electron chi connectivity index (χ4n) is 1.84. The lowest BCUT2D eigenvalue weighted by Crippen LogP contribution is -2.12. The van der Waals surface area contributed by atoms with E-state index < -0.39 is 22.8 Å². The van der Waals surface area contributed by atoms with Crippen molar-refractivity contribution in [3.8, 4) is 22.8 Å². The molecule has 2 N–H and O–H groups in total. The lowest BCUT2D eigenvalue weighted by Gasteiger charge is -2.03. The molecule has 110 valence electrons. The molecule has 0 aliphatic heterocycles. The summed E-state index contributed by atoms with van der Waals surface area (Å²) in [7, 11) is 0. The first-order valence-electron chi connectivity index (χ1n) is 6.15. The Kier molecular flexibility index (Phi) is 3.34. The van der Waals surface area contributed by atoms with Crippen LogP contribution in [0.25, 0.3) is 22.8 Å². The van der Waals surface area contributed by atoms with Crippen molar-refractivity contribution < 1.29 is 8.78 Å². The number of aromatic nitrogens is 4. The van der Waals surface area contributed by atoms with Crippen LogP contribution in [0, 0.1) is 11.6 Å². The highest BCUT2D eigenvalue weighted by Crippen LogP contribution is 2.19. The van der Waals surface area contributed by atoms with Crippen LogP contribution in [0.15, 0.2) is 46.2 Å². The molecule has 2 aromatic heterocycles. The second kappa shape index (κ2) is 5.32. The van der Waals surface area contributed by atoms with Gasteiger partial charge in [-0.3, -0.25) is 9.59 Å². The highest BCUT2D eigenvalue weighted by Gasteiger charge is 2.07. The number of hydrogen-bond acceptors (Lipinski definition) is 4. The third kappa shape index (κ3) is 2.53. The number of aromatic amines is 2. The van der Waals surface area contributed by atoms with Gasteiger partial charge in [-0.2, -0.15) is 8.78 Å². The third-order valence-electron chi connectivity index (χ3n) is 2.94. The maximum absolute atomic E-state index is 12.9. The van der Waals surface area contributed by atoms with Crippen LogP contribution in [-0.4, -0.2) is 19.9 Å². The molecular weight excluding hydrogens is 294 g/mol. The maximum Gasteiger partial charge on any atom is 0.287 e. The Morgan fingerprint density at radius 2 is 1.09 bits per heavy atom. The smallest absolute Gasteiger partial charge is 0.287 e. The molecule has 0 fully saturated rings. The molecule has 3 rings (SSSR count). The van der Waals surface area contributed by atoms with Gasteiger partial charge in [-0.25, -0.2) is 9.97 Å². The highest BCUT2D eigenvalue weighted by molar-refractivity contribution is 5.62. The van der Waals surface area contributed by atoms with Crippen molar-refractivity contribution in [3.63, 3.8) is 0 Å². The summed E-state index contributed by atoms with van der Waals surface area (Å²) in [6.07, 6.45) is 1.67. The lowest BCUT2D eigenvalue weighted by atomic mass is 10.1. The van der Waals surface area contributed by atoms with Gasteiger partial charge in [0.25, 0.3) is 11.1 Å². The summed E-state index contributed by atoms with van der Waals surface area (Å²) in [5, 5.41) is 0. The summed E-state index contributed by atoms with van der Waals surface area (Å²) in [6, 6.07) is 6.42. The zero-order chi connectivity index (χ0) is 15.7. The first-order valence-corrected chi connectivity index (χ1v) is 6.15. The molecule has 0 bridgehead atoms. The normalized spacial score (nSPS) is 10.6. The molecule has 0 unspecified atom stereocenters. The van der Waals surface area contributed by atoms with Crippen LogP contribution >= 0.6 is 0 Å². The molecule has 0 aliphatic carbocycles. The summed E-state index contributed by atoms with van der Waals surface area (Å²) >= 11 is 0. The maximum atomic E-state index is 12.9. The van der Waals surface area contributed by atoms with Crippen LogP contribution in [0.4, 0.5) is 8.78 Å². The summed E-state index contributed by atoms with van der Waals surface area (Å²) in [4.78, 5) is 34.6. The second-order valence-corrected chi connectivity index (χ2v) is 4.40. The fourth-order valence-corrected chi connectivity index (χ4v) is 1.84. The van der Waals surface area contributed by atoms with Crippen molar-refractivity contribution in [2.45, 2.75) is 0 Å². The van der Waals surface area contributed by atoms with Gasteiger partial charge >= 0.3 is 0 Å². The Bertz CT molecular complexity index is 870. The largest absolute Gasteiger partial charge is 0.304 e. The van der Waals surface area contributed by atoms with Gasteiger partial charge in [0.1, 0.15) is 11.6 Å². The average molecular weight is 302 g/mol. The van der Waals surface area contributed by atoms with Crippen molar-refractivity contribution in [1.82, 2.24) is 19.9 Å². The SMILES string of the molecule is O=c1[nH]c(-c2ccc(-c3ncc(F)c(=O)[nH]3)cc2)ncc1F. The molecule has 0 saturated carbocycles. The van der Waals surface area contributed by atoms with E-state index in [4.69, 9.17) is 0 Å². The molecule has 0 aliphatic rings. The van der Waals surface area contributed by atoms with E-state index in [2.05, 4.69) is 19.9 Å². The van der Waals surface area contributed by atoms with Crippen LogP contribution in [0.3, 0.4) is 0 Å². The quantitative estimate of drug-likeness (QED) is 0.750. The first-order chi connectivity index (χ1) is 10.5. The molecule has 0 spiro atoms. The Labute approximate surface area is 121 Å². The second-order valence-electron chi connectivity index (χ2n) is 4.40. The van der Waals surface area contributed by atoms with E-state index in [1.165, 1.54) is 0 Å². The van der Waals surface area contributed by atoms with Gasteiger partial charge in [0.2, 0.25) is 11.6 Å². The van der Waals surface area contributed by atoms with Gasteiger partial charge in [-0.15, -0.1) is 0 Å². The molecule has 0 radical (unpaired) electrons. The van der Waals surface area contributed by atoms with Gasteiger partial charge < -0.3 is 9.97 Å². The summed E-state index contributed by atoms with van der Waals surface area (Å²) in [5.74, 6) is -1.51. The highest BCUT2D eigenvalue weighted by atomic mass is 19.1. The molecule has 8 heteroatoms. The zero-order valence-electron chi connectivity index (χ0n) is 10.9. The molecule has 2 heterocycles. The van der Waals surface area contributed by atoms with Gasteiger partial charge in [0.05, 0.1) is 12.4 Å². The molecule has 6 nitrogen and oxygen atoms in total. The van der Waals surface area contributed by atoms with Gasteiger partial charge in [-0.05, 0) is 0 Å². The van der Waals surface area contributed by atoms with E-state index >= 15 is 0 Å². The number of hydrogen-bond donors (Lipinski definition) is 2. The first kappa shape index (κ1) is 13.8. The molecular formula is C14H8F2N4O2. The van der Waals surface area contributed by atoms with Crippen LogP contribution in [0.5, 0.6) is 0 Å². The summed E-state index contributed by atoms with van der Waals surface area (Å²) in [5.41, 5.74) is -0.632. The van der Waals surface area contributed by atoms with E-state index in [0.29, 0.717) is 11.1 Å². The van der Waals surface area contributed by atoms with E-state index in [0.717, 1.165) is 12.4 Å². The van der Waals surface area contributed by atoms with Crippen molar-refractivity contribution >= 4 is 0 Å². The molecule has 3 aromatic rings. The average Bonchev–Trinajstić information content (AvgIpc) is 2.53. The van der Waals surface area contributed by atoms with Crippen molar-refractivity contribution in [2.75, 3.05) is 0 Å². The van der Waals surface area contributed by atoms with Crippen LogP contribution in [-0.2, 0) is 0 Å². The standard InChI is InChI=1S/C14H8F2N4O2/c15-9-5-17-11(19-13(9)21)7-1-2-8(4-3-7)12-18-6-10(16)14(22)20-12/h1-6H,(H,17,19,21)(H,18,20,22). The number of nitrogens with zero attached hydrogens (tertiary/aromatic N) is 2. The van der Waals surface area contributed by atoms with Crippen molar-refractivity contribution in [3.05, 3.63) is 69.0 Å². The summed E-state index contributed by atoms with van der Waals surface area (Å²) in [6.45, 7) is 0. The number of halogens is 2. The summed E-state index contributed by atoms with van der Waals surface area (Å²) < 4.78 is 25.8. The minimum Gasteiger partial charge on any atom is -0.304 e. The molecule has 0 saturated heterocycles. The Hall–Kier alpha value is -3.16. The number of nitrogens with one attached hydrogen (secondary N) is 2. The zero-order valence-corrected chi connectivity index (χ0v) is 10.9. The fraction of sp³-hybridized carbons (Fsp3) is 0. The molecule has 0 amide bonds. The third-order valence-corrected chi connectivity index (χ3v) is 2.94. The number of H-pyrrole nitrogens is 2. The van der Waals surface area contributed by atoms with Gasteiger partial charge in [0, 0.05) is 11.1 Å².